The lowest BCUT2D eigenvalue weighted by molar-refractivity contribution is 0.0439. The van der Waals surface area contributed by atoms with E-state index in [4.69, 9.17) is 0 Å². The van der Waals surface area contributed by atoms with Crippen LogP contribution in [0.5, 0.6) is 0 Å². The summed E-state index contributed by atoms with van der Waals surface area (Å²) in [6.45, 7) is 4.09. The van der Waals surface area contributed by atoms with Crippen molar-refractivity contribution < 1.29 is 10.2 Å². The SMILES string of the molecule is Cn1nnc([C@H](O)CN2CCN(C[C@@H](O)c3nnn(C)n3)CC2)n1. The number of hydrogen-bond donors (Lipinski definition) is 2. The number of aryl methyl sites for hydroxylation is 2. The largest absolute Gasteiger partial charge is 0.384 e. The Bertz CT molecular complexity index is 594. The smallest absolute Gasteiger partial charge is 0.204 e. The van der Waals surface area contributed by atoms with Crippen LogP contribution in [0.25, 0.3) is 0 Å². The molecular formula is C12H22N10O2. The Morgan fingerprint density at radius 2 is 1.17 bits per heavy atom. The highest BCUT2D eigenvalue weighted by Gasteiger charge is 2.24. The van der Waals surface area contributed by atoms with E-state index in [0.29, 0.717) is 24.7 Å². The van der Waals surface area contributed by atoms with Crippen LogP contribution in [0.4, 0.5) is 0 Å². The Kier molecular flexibility index (Phi) is 5.08. The van der Waals surface area contributed by atoms with Crippen molar-refractivity contribution in [1.29, 1.82) is 0 Å². The van der Waals surface area contributed by atoms with Gasteiger partial charge in [-0.3, -0.25) is 9.80 Å². The molecule has 3 rings (SSSR count). The summed E-state index contributed by atoms with van der Waals surface area (Å²) in [4.78, 5) is 6.95. The van der Waals surface area contributed by atoms with Gasteiger partial charge in [0.05, 0.1) is 14.1 Å². The third-order valence-electron chi connectivity index (χ3n) is 3.97. The number of piperazine rings is 1. The molecule has 0 aromatic carbocycles. The fraction of sp³-hybridized carbons (Fsp3) is 0.833. The van der Waals surface area contributed by atoms with Gasteiger partial charge in [-0.15, -0.1) is 20.4 Å². The number of aliphatic hydroxyl groups excluding tert-OH is 2. The Balaban J connectivity index is 1.44. The van der Waals surface area contributed by atoms with Crippen LogP contribution in [-0.2, 0) is 14.1 Å². The van der Waals surface area contributed by atoms with Gasteiger partial charge in [0.1, 0.15) is 12.2 Å². The maximum Gasteiger partial charge on any atom is 0.204 e. The van der Waals surface area contributed by atoms with E-state index in [-0.39, 0.29) is 0 Å². The van der Waals surface area contributed by atoms with E-state index in [1.807, 2.05) is 0 Å². The van der Waals surface area contributed by atoms with Crippen molar-refractivity contribution in [2.45, 2.75) is 12.2 Å². The average Bonchev–Trinajstić information content (AvgIpc) is 3.18. The maximum absolute atomic E-state index is 10.1. The predicted molar refractivity (Wildman–Crippen MR) is 80.4 cm³/mol. The normalized spacial score (nSPS) is 19.5. The summed E-state index contributed by atoms with van der Waals surface area (Å²) in [7, 11) is 3.33. The van der Waals surface area contributed by atoms with E-state index in [0.717, 1.165) is 26.2 Å². The van der Waals surface area contributed by atoms with Gasteiger partial charge in [0, 0.05) is 39.3 Å². The summed E-state index contributed by atoms with van der Waals surface area (Å²) in [5.41, 5.74) is 0. The first-order valence-electron chi connectivity index (χ1n) is 7.80. The van der Waals surface area contributed by atoms with Crippen molar-refractivity contribution in [2.75, 3.05) is 39.3 Å². The zero-order valence-electron chi connectivity index (χ0n) is 13.8. The monoisotopic (exact) mass is 338 g/mol. The minimum Gasteiger partial charge on any atom is -0.384 e. The molecule has 2 aromatic rings. The molecule has 2 atom stereocenters. The highest BCUT2D eigenvalue weighted by molar-refractivity contribution is 4.89. The fourth-order valence-electron chi connectivity index (χ4n) is 2.67. The molecule has 132 valence electrons. The van der Waals surface area contributed by atoms with Crippen LogP contribution < -0.4 is 0 Å². The van der Waals surface area contributed by atoms with Crippen molar-refractivity contribution in [3.63, 3.8) is 0 Å². The average molecular weight is 338 g/mol. The Labute approximate surface area is 138 Å². The second kappa shape index (κ2) is 7.25. The Morgan fingerprint density at radius 1 is 0.792 bits per heavy atom. The zero-order valence-corrected chi connectivity index (χ0v) is 13.8. The number of nitrogens with zero attached hydrogens (tertiary/aromatic N) is 10. The van der Waals surface area contributed by atoms with Crippen molar-refractivity contribution in [3.8, 4) is 0 Å². The molecule has 12 nitrogen and oxygen atoms in total. The molecule has 1 aliphatic rings. The number of rotatable bonds is 6. The first-order chi connectivity index (χ1) is 11.5. The second-order valence-electron chi connectivity index (χ2n) is 5.91. The van der Waals surface area contributed by atoms with Gasteiger partial charge >= 0.3 is 0 Å². The lowest BCUT2D eigenvalue weighted by Gasteiger charge is -2.35. The third-order valence-corrected chi connectivity index (χ3v) is 3.97. The van der Waals surface area contributed by atoms with Crippen molar-refractivity contribution >= 4 is 0 Å². The van der Waals surface area contributed by atoms with Gasteiger partial charge < -0.3 is 10.2 Å². The predicted octanol–water partition coefficient (Wildman–Crippen LogP) is -2.88. The van der Waals surface area contributed by atoms with Crippen LogP contribution in [0.2, 0.25) is 0 Å². The first kappa shape index (κ1) is 16.8. The second-order valence-corrected chi connectivity index (χ2v) is 5.91. The van der Waals surface area contributed by atoms with E-state index in [1.165, 1.54) is 9.59 Å². The number of hydrogen-bond acceptors (Lipinski definition) is 10. The van der Waals surface area contributed by atoms with Gasteiger partial charge in [0.2, 0.25) is 11.6 Å². The first-order valence-corrected chi connectivity index (χ1v) is 7.80. The van der Waals surface area contributed by atoms with Gasteiger partial charge in [-0.05, 0) is 10.4 Å². The van der Waals surface area contributed by atoms with Gasteiger partial charge in [-0.2, -0.15) is 9.59 Å². The zero-order chi connectivity index (χ0) is 17.1. The minimum absolute atomic E-state index is 0.337. The van der Waals surface area contributed by atoms with Gasteiger partial charge in [0.25, 0.3) is 0 Å². The summed E-state index contributed by atoms with van der Waals surface area (Å²) < 4.78 is 0. The molecule has 2 aromatic heterocycles. The highest BCUT2D eigenvalue weighted by Crippen LogP contribution is 2.13. The van der Waals surface area contributed by atoms with Crippen LogP contribution in [0.3, 0.4) is 0 Å². The number of β-amino-alcohol motifs (C(OH)–C–C–N with tert-alkyl or cyclic N) is 2. The van der Waals surface area contributed by atoms with Crippen molar-refractivity contribution in [3.05, 3.63) is 11.6 Å². The van der Waals surface area contributed by atoms with E-state index in [2.05, 4.69) is 40.6 Å². The molecule has 24 heavy (non-hydrogen) atoms. The maximum atomic E-state index is 10.1. The minimum atomic E-state index is -0.750. The highest BCUT2D eigenvalue weighted by atomic mass is 16.3. The third kappa shape index (κ3) is 4.08. The molecule has 0 radical (unpaired) electrons. The number of tetrazole rings is 2. The molecule has 0 aliphatic carbocycles. The molecule has 1 saturated heterocycles. The number of aliphatic hydroxyl groups is 2. The van der Waals surface area contributed by atoms with E-state index in [9.17, 15) is 10.2 Å². The van der Waals surface area contributed by atoms with Gasteiger partial charge in [-0.25, -0.2) is 0 Å². The van der Waals surface area contributed by atoms with E-state index < -0.39 is 12.2 Å². The molecule has 0 unspecified atom stereocenters. The van der Waals surface area contributed by atoms with Crippen LogP contribution in [-0.4, -0.2) is 99.7 Å². The van der Waals surface area contributed by atoms with Crippen LogP contribution in [0.1, 0.15) is 23.9 Å². The molecule has 3 heterocycles. The lowest BCUT2D eigenvalue weighted by Crippen LogP contribution is -2.48. The summed E-state index contributed by atoms with van der Waals surface area (Å²) in [6.07, 6.45) is -1.50. The molecule has 2 N–H and O–H groups in total. The molecular weight excluding hydrogens is 316 g/mol. The molecule has 0 amide bonds. The standard InChI is InChI=1S/C12H22N10O2/c1-19-15-11(13-17-19)9(23)7-21-3-5-22(6-4-21)8-10(24)12-14-18-20(2)16-12/h9-10,23-24H,3-8H2,1-2H3/t9-,10-/m1/s1. The van der Waals surface area contributed by atoms with Crippen molar-refractivity contribution in [1.82, 2.24) is 50.2 Å². The topological polar surface area (TPSA) is 134 Å². The Hall–Kier alpha value is -2.02. The van der Waals surface area contributed by atoms with Gasteiger partial charge in [-0.1, -0.05) is 0 Å². The molecule has 1 aliphatic heterocycles. The summed E-state index contributed by atoms with van der Waals surface area (Å²) in [5, 5.41) is 43.5. The van der Waals surface area contributed by atoms with Crippen molar-refractivity contribution in [2.24, 2.45) is 14.1 Å². The molecule has 12 heteroatoms. The molecule has 0 saturated carbocycles. The molecule has 1 fully saturated rings. The number of aromatic nitrogens is 8. The van der Waals surface area contributed by atoms with Crippen LogP contribution >= 0.6 is 0 Å². The fourth-order valence-corrected chi connectivity index (χ4v) is 2.67. The van der Waals surface area contributed by atoms with Crippen LogP contribution in [0.15, 0.2) is 0 Å². The van der Waals surface area contributed by atoms with Crippen LogP contribution in [0, 0.1) is 0 Å². The summed E-state index contributed by atoms with van der Waals surface area (Å²) >= 11 is 0. The summed E-state index contributed by atoms with van der Waals surface area (Å²) in [5.74, 6) is 0.674. The lowest BCUT2D eigenvalue weighted by atomic mass is 10.2. The molecule has 0 bridgehead atoms. The van der Waals surface area contributed by atoms with E-state index >= 15 is 0 Å². The van der Waals surface area contributed by atoms with E-state index in [1.54, 1.807) is 14.1 Å². The quantitative estimate of drug-likeness (QED) is 0.565. The molecule has 0 spiro atoms. The Morgan fingerprint density at radius 3 is 1.46 bits per heavy atom. The van der Waals surface area contributed by atoms with Gasteiger partial charge in [0.15, 0.2) is 0 Å². The summed E-state index contributed by atoms with van der Waals surface area (Å²) in [6, 6.07) is 0.